The molecule has 1 atom stereocenters. The molecule has 0 aromatic carbocycles. The molecule has 28 heavy (non-hydrogen) atoms. The normalized spacial score (nSPS) is 25.1. The number of hydrogen-bond acceptors (Lipinski definition) is 3. The Morgan fingerprint density at radius 1 is 1.00 bits per heavy atom. The van der Waals surface area contributed by atoms with Crippen molar-refractivity contribution in [3.8, 4) is 0 Å². The van der Waals surface area contributed by atoms with E-state index in [1.54, 1.807) is 22.0 Å². The Morgan fingerprint density at radius 2 is 1.71 bits per heavy atom. The van der Waals surface area contributed by atoms with E-state index in [9.17, 15) is 14.4 Å². The summed E-state index contributed by atoms with van der Waals surface area (Å²) in [4.78, 5) is 44.9. The summed E-state index contributed by atoms with van der Waals surface area (Å²) in [5.41, 5.74) is 0.993. The van der Waals surface area contributed by atoms with Gasteiger partial charge in [-0.25, -0.2) is 9.79 Å². The standard InChI is InChI=1S/C21H26N4O3/c26-19-17-9-5-4-6-15(17)14-18(23-19)20(27)24-10-12-25(13-11-24)21(28)22-16-7-2-1-3-8-16/h4-6,9,14,16-17H,1-3,7-8,10-13H2,(H,22,28). The Balaban J connectivity index is 1.32. The smallest absolute Gasteiger partial charge is 0.317 e. The highest BCUT2D eigenvalue weighted by Crippen LogP contribution is 2.24. The van der Waals surface area contributed by atoms with Crippen molar-refractivity contribution in [1.29, 1.82) is 0 Å². The third-order valence-electron chi connectivity index (χ3n) is 5.87. The molecule has 1 saturated heterocycles. The van der Waals surface area contributed by atoms with Crippen LogP contribution in [-0.4, -0.2) is 65.6 Å². The van der Waals surface area contributed by atoms with Crippen LogP contribution in [0.1, 0.15) is 32.1 Å². The number of urea groups is 1. The first-order chi connectivity index (χ1) is 13.6. The number of allylic oxidation sites excluding steroid dienone is 3. The summed E-state index contributed by atoms with van der Waals surface area (Å²) < 4.78 is 0. The number of amides is 4. The maximum atomic E-state index is 12.8. The minimum absolute atomic E-state index is 0.0340. The Kier molecular flexibility index (Phi) is 5.41. The summed E-state index contributed by atoms with van der Waals surface area (Å²) >= 11 is 0. The van der Waals surface area contributed by atoms with E-state index >= 15 is 0 Å². The van der Waals surface area contributed by atoms with Gasteiger partial charge in [0.2, 0.25) is 0 Å². The van der Waals surface area contributed by atoms with E-state index in [-0.39, 0.29) is 35.5 Å². The molecule has 2 aliphatic heterocycles. The van der Waals surface area contributed by atoms with Gasteiger partial charge in [0.1, 0.15) is 5.71 Å². The zero-order valence-corrected chi connectivity index (χ0v) is 16.0. The van der Waals surface area contributed by atoms with E-state index in [0.29, 0.717) is 26.2 Å². The van der Waals surface area contributed by atoms with Gasteiger partial charge in [0.25, 0.3) is 11.8 Å². The van der Waals surface area contributed by atoms with Gasteiger partial charge in [-0.15, -0.1) is 0 Å². The molecule has 7 heteroatoms. The number of rotatable bonds is 2. The molecule has 0 aromatic heterocycles. The Bertz CT molecular complexity index is 781. The molecule has 4 rings (SSSR count). The number of dihydropyridines is 1. The number of piperazine rings is 1. The average molecular weight is 382 g/mol. The van der Waals surface area contributed by atoms with Crippen molar-refractivity contribution in [2.24, 2.45) is 10.9 Å². The lowest BCUT2D eigenvalue weighted by molar-refractivity contribution is -0.126. The molecule has 0 radical (unpaired) electrons. The van der Waals surface area contributed by atoms with Crippen molar-refractivity contribution < 1.29 is 14.4 Å². The number of carbonyl (C=O) groups is 3. The Labute approximate surface area is 164 Å². The largest absolute Gasteiger partial charge is 0.335 e. The molecule has 2 aliphatic carbocycles. The van der Waals surface area contributed by atoms with Gasteiger partial charge in [-0.1, -0.05) is 43.6 Å². The van der Waals surface area contributed by atoms with Crippen LogP contribution >= 0.6 is 0 Å². The quantitative estimate of drug-likeness (QED) is 0.791. The lowest BCUT2D eigenvalue weighted by Crippen LogP contribution is -2.55. The highest BCUT2D eigenvalue weighted by atomic mass is 16.2. The molecule has 1 saturated carbocycles. The molecule has 4 aliphatic rings. The molecule has 148 valence electrons. The minimum Gasteiger partial charge on any atom is -0.335 e. The molecule has 1 N–H and O–H groups in total. The molecular weight excluding hydrogens is 356 g/mol. The van der Waals surface area contributed by atoms with Crippen LogP contribution in [0.3, 0.4) is 0 Å². The van der Waals surface area contributed by atoms with E-state index in [0.717, 1.165) is 18.4 Å². The monoisotopic (exact) mass is 382 g/mol. The predicted octanol–water partition coefficient (Wildman–Crippen LogP) is 1.82. The second kappa shape index (κ2) is 8.12. The van der Waals surface area contributed by atoms with Gasteiger partial charge in [-0.3, -0.25) is 9.59 Å². The summed E-state index contributed by atoms with van der Waals surface area (Å²) in [6.45, 7) is 1.89. The highest BCUT2D eigenvalue weighted by Gasteiger charge is 2.31. The van der Waals surface area contributed by atoms with Crippen molar-refractivity contribution in [3.63, 3.8) is 0 Å². The second-order valence-corrected chi connectivity index (χ2v) is 7.76. The van der Waals surface area contributed by atoms with Gasteiger partial charge in [0.05, 0.1) is 5.92 Å². The van der Waals surface area contributed by atoms with Crippen LogP contribution in [0.25, 0.3) is 0 Å². The number of hydrogen-bond donors (Lipinski definition) is 1. The third kappa shape index (κ3) is 3.93. The lowest BCUT2D eigenvalue weighted by Gasteiger charge is -2.36. The average Bonchev–Trinajstić information content (AvgIpc) is 2.74. The Hall–Kier alpha value is -2.70. The van der Waals surface area contributed by atoms with Crippen molar-refractivity contribution in [2.75, 3.05) is 26.2 Å². The highest BCUT2D eigenvalue weighted by molar-refractivity contribution is 6.45. The van der Waals surface area contributed by atoms with Crippen LogP contribution < -0.4 is 5.32 Å². The van der Waals surface area contributed by atoms with E-state index in [1.807, 2.05) is 18.2 Å². The van der Waals surface area contributed by atoms with Crippen LogP contribution in [0.4, 0.5) is 4.79 Å². The zero-order chi connectivity index (χ0) is 19.5. The minimum atomic E-state index is -0.373. The maximum absolute atomic E-state index is 12.8. The van der Waals surface area contributed by atoms with Gasteiger partial charge in [-0.05, 0) is 24.5 Å². The molecule has 7 nitrogen and oxygen atoms in total. The van der Waals surface area contributed by atoms with E-state index in [1.165, 1.54) is 19.3 Å². The van der Waals surface area contributed by atoms with Crippen LogP contribution in [0.15, 0.2) is 40.9 Å². The molecule has 0 spiro atoms. The third-order valence-corrected chi connectivity index (χ3v) is 5.87. The summed E-state index contributed by atoms with van der Waals surface area (Å²) in [5.74, 6) is -0.914. The van der Waals surface area contributed by atoms with E-state index in [2.05, 4.69) is 10.3 Å². The molecule has 0 aromatic rings. The number of aliphatic imine (C=N–C) groups is 1. The van der Waals surface area contributed by atoms with Gasteiger partial charge in [-0.2, -0.15) is 0 Å². The first-order valence-electron chi connectivity index (χ1n) is 10.2. The van der Waals surface area contributed by atoms with Crippen LogP contribution in [-0.2, 0) is 9.59 Å². The molecule has 2 fully saturated rings. The van der Waals surface area contributed by atoms with Crippen molar-refractivity contribution >= 4 is 23.6 Å². The molecular formula is C21H26N4O3. The van der Waals surface area contributed by atoms with Crippen molar-refractivity contribution in [1.82, 2.24) is 15.1 Å². The van der Waals surface area contributed by atoms with Gasteiger partial charge in [0, 0.05) is 32.2 Å². The SMILES string of the molecule is O=C1N=C(C(=O)N2CCN(C(=O)NC3CCCCC3)CC2)C=C2C=CC=CC12. The van der Waals surface area contributed by atoms with Crippen LogP contribution in [0.2, 0.25) is 0 Å². The maximum Gasteiger partial charge on any atom is 0.317 e. The topological polar surface area (TPSA) is 82.1 Å². The number of nitrogens with zero attached hydrogens (tertiary/aromatic N) is 3. The van der Waals surface area contributed by atoms with Crippen molar-refractivity contribution in [3.05, 3.63) is 36.0 Å². The molecule has 4 amide bonds. The van der Waals surface area contributed by atoms with Gasteiger partial charge < -0.3 is 15.1 Å². The zero-order valence-electron chi connectivity index (χ0n) is 16.0. The summed E-state index contributed by atoms with van der Waals surface area (Å²) in [5, 5.41) is 3.12. The fourth-order valence-corrected chi connectivity index (χ4v) is 4.19. The molecule has 1 unspecified atom stereocenters. The summed E-state index contributed by atoms with van der Waals surface area (Å²) in [6, 6.07) is 0.244. The second-order valence-electron chi connectivity index (χ2n) is 7.76. The number of nitrogens with one attached hydrogen (secondary N) is 1. The first-order valence-corrected chi connectivity index (χ1v) is 10.2. The predicted molar refractivity (Wildman–Crippen MR) is 106 cm³/mol. The fraction of sp³-hybridized carbons (Fsp3) is 0.524. The molecule has 2 heterocycles. The van der Waals surface area contributed by atoms with E-state index < -0.39 is 0 Å². The van der Waals surface area contributed by atoms with Gasteiger partial charge in [0.15, 0.2) is 0 Å². The lowest BCUT2D eigenvalue weighted by atomic mass is 9.90. The van der Waals surface area contributed by atoms with Crippen LogP contribution in [0.5, 0.6) is 0 Å². The van der Waals surface area contributed by atoms with Crippen LogP contribution in [0, 0.1) is 5.92 Å². The number of fused-ring (bicyclic) bond motifs is 1. The summed E-state index contributed by atoms with van der Waals surface area (Å²) in [7, 11) is 0. The van der Waals surface area contributed by atoms with Crippen molar-refractivity contribution in [2.45, 2.75) is 38.1 Å². The first kappa shape index (κ1) is 18.7. The fourth-order valence-electron chi connectivity index (χ4n) is 4.19. The summed E-state index contributed by atoms with van der Waals surface area (Å²) in [6.07, 6.45) is 14.7. The number of carbonyl (C=O) groups excluding carboxylic acids is 3. The molecule has 0 bridgehead atoms. The van der Waals surface area contributed by atoms with Gasteiger partial charge >= 0.3 is 6.03 Å². The Morgan fingerprint density at radius 3 is 2.46 bits per heavy atom. The van der Waals surface area contributed by atoms with E-state index in [4.69, 9.17) is 0 Å².